The molecule has 0 fully saturated rings. The summed E-state index contributed by atoms with van der Waals surface area (Å²) >= 11 is 0. The zero-order valence-corrected chi connectivity index (χ0v) is 15.9. The third-order valence-electron chi connectivity index (χ3n) is 4.06. The Hall–Kier alpha value is -2.35. The van der Waals surface area contributed by atoms with Gasteiger partial charge in [0.05, 0.1) is 0 Å². The first kappa shape index (κ1) is 20.7. The lowest BCUT2D eigenvalue weighted by Crippen LogP contribution is -2.16. The van der Waals surface area contributed by atoms with Gasteiger partial charge in [-0.15, -0.1) is 0 Å². The summed E-state index contributed by atoms with van der Waals surface area (Å²) in [6.07, 6.45) is 14.5. The highest BCUT2D eigenvalue weighted by Gasteiger charge is 2.05. The maximum absolute atomic E-state index is 13.3. The van der Waals surface area contributed by atoms with Crippen molar-refractivity contribution < 1.29 is 4.39 Å². The van der Waals surface area contributed by atoms with E-state index < -0.39 is 0 Å². The van der Waals surface area contributed by atoms with Gasteiger partial charge in [-0.05, 0) is 56.0 Å². The largest absolute Gasteiger partial charge is 0.374 e. The standard InChI is InChI=1S/C23H30FN/c1-6-11-20(7-2)12-9-13-21(8-3)16-19(4)25(5)18-22-14-10-15-23(24)17-22/h6-11,13-15,17H,4,12,16,18H2,1-3,5H3/b11-6-,13-9-,20-7+,21-8+. The molecule has 0 unspecified atom stereocenters. The van der Waals surface area contributed by atoms with E-state index in [-0.39, 0.29) is 5.82 Å². The van der Waals surface area contributed by atoms with Crippen LogP contribution in [0, 0.1) is 5.82 Å². The van der Waals surface area contributed by atoms with Gasteiger partial charge in [-0.25, -0.2) is 4.39 Å². The first-order valence-electron chi connectivity index (χ1n) is 8.73. The molecule has 0 heterocycles. The van der Waals surface area contributed by atoms with Crippen LogP contribution in [0.4, 0.5) is 4.39 Å². The van der Waals surface area contributed by atoms with Crippen LogP contribution < -0.4 is 0 Å². The Bertz CT molecular complexity index is 677. The minimum Gasteiger partial charge on any atom is -0.374 e. The van der Waals surface area contributed by atoms with E-state index >= 15 is 0 Å². The number of nitrogens with zero attached hydrogens (tertiary/aromatic N) is 1. The maximum atomic E-state index is 13.3. The Morgan fingerprint density at radius 2 is 1.84 bits per heavy atom. The van der Waals surface area contributed by atoms with Crippen molar-refractivity contribution in [3.63, 3.8) is 0 Å². The molecule has 0 bridgehead atoms. The molecule has 1 aromatic rings. The summed E-state index contributed by atoms with van der Waals surface area (Å²) in [6.45, 7) is 11.0. The molecule has 0 atom stereocenters. The quantitative estimate of drug-likeness (QED) is 0.459. The first-order valence-corrected chi connectivity index (χ1v) is 8.73. The Kier molecular flexibility index (Phi) is 9.31. The predicted octanol–water partition coefficient (Wildman–Crippen LogP) is 6.58. The average Bonchev–Trinajstić information content (AvgIpc) is 2.59. The molecule has 0 aliphatic heterocycles. The Labute approximate surface area is 152 Å². The van der Waals surface area contributed by atoms with Gasteiger partial charge in [0.1, 0.15) is 5.82 Å². The summed E-state index contributed by atoms with van der Waals surface area (Å²) in [4.78, 5) is 2.07. The molecular formula is C23H30FN. The van der Waals surface area contributed by atoms with Gasteiger partial charge in [-0.1, -0.05) is 55.2 Å². The number of hydrogen-bond donors (Lipinski definition) is 0. The molecule has 1 nitrogen and oxygen atoms in total. The molecular weight excluding hydrogens is 309 g/mol. The monoisotopic (exact) mass is 339 g/mol. The van der Waals surface area contributed by atoms with Crippen LogP contribution in [0.3, 0.4) is 0 Å². The highest BCUT2D eigenvalue weighted by molar-refractivity contribution is 5.27. The van der Waals surface area contributed by atoms with E-state index in [1.165, 1.54) is 17.2 Å². The number of allylic oxidation sites excluding steroid dienone is 8. The summed E-state index contributed by atoms with van der Waals surface area (Å²) < 4.78 is 13.3. The Morgan fingerprint density at radius 3 is 2.44 bits per heavy atom. The van der Waals surface area contributed by atoms with Crippen LogP contribution >= 0.6 is 0 Å². The molecule has 0 saturated carbocycles. The third-order valence-corrected chi connectivity index (χ3v) is 4.06. The molecule has 1 rings (SSSR count). The molecule has 0 amide bonds. The van der Waals surface area contributed by atoms with Gasteiger partial charge in [-0.3, -0.25) is 0 Å². The van der Waals surface area contributed by atoms with Crippen molar-refractivity contribution >= 4 is 0 Å². The zero-order valence-electron chi connectivity index (χ0n) is 15.9. The summed E-state index contributed by atoms with van der Waals surface area (Å²) in [5.74, 6) is -0.200. The number of hydrogen-bond acceptors (Lipinski definition) is 1. The molecule has 1 aromatic carbocycles. The summed E-state index contributed by atoms with van der Waals surface area (Å²) in [5.41, 5.74) is 4.50. The summed E-state index contributed by atoms with van der Waals surface area (Å²) in [7, 11) is 1.99. The van der Waals surface area contributed by atoms with E-state index in [0.29, 0.717) is 6.54 Å². The van der Waals surface area contributed by atoms with Gasteiger partial charge < -0.3 is 4.90 Å². The molecule has 0 spiro atoms. The second-order valence-electron chi connectivity index (χ2n) is 6.06. The van der Waals surface area contributed by atoms with Gasteiger partial charge in [0.25, 0.3) is 0 Å². The lowest BCUT2D eigenvalue weighted by atomic mass is 10.1. The molecule has 0 saturated heterocycles. The fourth-order valence-electron chi connectivity index (χ4n) is 2.49. The second kappa shape index (κ2) is 11.2. The van der Waals surface area contributed by atoms with Crippen LogP contribution in [0.2, 0.25) is 0 Å². The minimum atomic E-state index is -0.200. The fourth-order valence-corrected chi connectivity index (χ4v) is 2.49. The molecule has 0 aromatic heterocycles. The Morgan fingerprint density at radius 1 is 1.12 bits per heavy atom. The average molecular weight is 339 g/mol. The van der Waals surface area contributed by atoms with Gasteiger partial charge in [-0.2, -0.15) is 0 Å². The van der Waals surface area contributed by atoms with E-state index in [2.05, 4.69) is 54.9 Å². The lowest BCUT2D eigenvalue weighted by molar-refractivity contribution is 0.403. The normalized spacial score (nSPS) is 13.0. The van der Waals surface area contributed by atoms with Crippen LogP contribution in [-0.2, 0) is 6.54 Å². The molecule has 0 aliphatic carbocycles. The third kappa shape index (κ3) is 7.84. The van der Waals surface area contributed by atoms with Crippen LogP contribution in [-0.4, -0.2) is 11.9 Å². The predicted molar refractivity (Wildman–Crippen MR) is 108 cm³/mol. The molecule has 0 N–H and O–H groups in total. The van der Waals surface area contributed by atoms with E-state index in [0.717, 1.165) is 24.1 Å². The number of benzene rings is 1. The van der Waals surface area contributed by atoms with Crippen LogP contribution in [0.15, 0.2) is 84.1 Å². The number of halogens is 1. The molecule has 2 heteroatoms. The van der Waals surface area contributed by atoms with E-state index in [9.17, 15) is 4.39 Å². The second-order valence-corrected chi connectivity index (χ2v) is 6.06. The molecule has 25 heavy (non-hydrogen) atoms. The SMILES string of the molecule is C=C(CC(/C=C\CC(/C=C\C)=C/C)=C/C)N(C)Cc1cccc(F)c1. The summed E-state index contributed by atoms with van der Waals surface area (Å²) in [5, 5.41) is 0. The van der Waals surface area contributed by atoms with Crippen molar-refractivity contribution in [3.8, 4) is 0 Å². The van der Waals surface area contributed by atoms with Crippen LogP contribution in [0.1, 0.15) is 39.2 Å². The van der Waals surface area contributed by atoms with Gasteiger partial charge >= 0.3 is 0 Å². The number of rotatable bonds is 9. The fraction of sp³-hybridized carbons (Fsp3) is 0.304. The van der Waals surface area contributed by atoms with E-state index in [4.69, 9.17) is 0 Å². The topological polar surface area (TPSA) is 3.24 Å². The van der Waals surface area contributed by atoms with Gasteiger partial charge in [0.2, 0.25) is 0 Å². The van der Waals surface area contributed by atoms with Crippen molar-refractivity contribution in [2.75, 3.05) is 7.05 Å². The lowest BCUT2D eigenvalue weighted by Gasteiger charge is -2.22. The minimum absolute atomic E-state index is 0.200. The van der Waals surface area contributed by atoms with Crippen LogP contribution in [0.25, 0.3) is 0 Å². The van der Waals surface area contributed by atoms with E-state index in [1.54, 1.807) is 12.1 Å². The maximum Gasteiger partial charge on any atom is 0.123 e. The molecule has 134 valence electrons. The van der Waals surface area contributed by atoms with Crippen LogP contribution in [0.5, 0.6) is 0 Å². The highest BCUT2D eigenvalue weighted by Crippen LogP contribution is 2.17. The molecule has 0 aliphatic rings. The van der Waals surface area contributed by atoms with Crippen molar-refractivity contribution in [2.45, 2.75) is 40.2 Å². The van der Waals surface area contributed by atoms with Gasteiger partial charge in [0.15, 0.2) is 0 Å². The van der Waals surface area contributed by atoms with Gasteiger partial charge in [0, 0.05) is 25.7 Å². The van der Waals surface area contributed by atoms with Crippen molar-refractivity contribution in [1.82, 2.24) is 4.90 Å². The van der Waals surface area contributed by atoms with Crippen molar-refractivity contribution in [1.29, 1.82) is 0 Å². The van der Waals surface area contributed by atoms with E-state index in [1.807, 2.05) is 27.0 Å². The van der Waals surface area contributed by atoms with Crippen molar-refractivity contribution in [3.05, 3.63) is 95.5 Å². The Balaban J connectivity index is 2.60. The molecule has 0 radical (unpaired) electrons. The summed E-state index contributed by atoms with van der Waals surface area (Å²) in [6, 6.07) is 6.71. The smallest absolute Gasteiger partial charge is 0.123 e. The zero-order chi connectivity index (χ0) is 18.7. The first-order chi connectivity index (χ1) is 12.0. The van der Waals surface area contributed by atoms with Crippen molar-refractivity contribution in [2.24, 2.45) is 0 Å². The highest BCUT2D eigenvalue weighted by atomic mass is 19.1.